The fourth-order valence-corrected chi connectivity index (χ4v) is 3.37. The van der Waals surface area contributed by atoms with E-state index in [1.807, 2.05) is 0 Å². The molecule has 0 unspecified atom stereocenters. The summed E-state index contributed by atoms with van der Waals surface area (Å²) in [5.74, 6) is -1.41. The van der Waals surface area contributed by atoms with E-state index >= 15 is 0 Å². The molecule has 2 heterocycles. The summed E-state index contributed by atoms with van der Waals surface area (Å²) in [6.07, 6.45) is 0.990. The second-order valence-corrected chi connectivity index (χ2v) is 8.13. The molecule has 0 radical (unpaired) electrons. The molecular formula is C19H25NO6. The molecule has 0 spiro atoms. The van der Waals surface area contributed by atoms with Gasteiger partial charge in [0, 0.05) is 26.5 Å². The van der Waals surface area contributed by atoms with Gasteiger partial charge in [-0.15, -0.1) is 0 Å². The van der Waals surface area contributed by atoms with E-state index in [4.69, 9.17) is 14.2 Å². The van der Waals surface area contributed by atoms with Gasteiger partial charge in [-0.1, -0.05) is 0 Å². The smallest absolute Gasteiger partial charge is 0.410 e. The Morgan fingerprint density at radius 3 is 2.65 bits per heavy atom. The minimum absolute atomic E-state index is 0.0275. The van der Waals surface area contributed by atoms with Crippen molar-refractivity contribution in [3.8, 4) is 11.5 Å². The van der Waals surface area contributed by atoms with Gasteiger partial charge in [0.2, 0.25) is 5.79 Å². The number of esters is 1. The number of carbonyl (C=O) groups is 2. The Balaban J connectivity index is 2.00. The first-order valence-corrected chi connectivity index (χ1v) is 8.76. The molecule has 0 bridgehead atoms. The summed E-state index contributed by atoms with van der Waals surface area (Å²) in [4.78, 5) is 26.7. The third-order valence-corrected chi connectivity index (χ3v) is 4.26. The first-order valence-electron chi connectivity index (χ1n) is 8.76. The first-order chi connectivity index (χ1) is 12.0. The number of rotatable bonds is 1. The summed E-state index contributed by atoms with van der Waals surface area (Å²) in [5.41, 5.74) is 0.153. The number of carbonyl (C=O) groups excluding carboxylic acids is 2. The SMILES string of the molecule is CC(C)(C)OC(=O)N1CCC[C@H]1c1cc(O)cc2c1C(=O)OC(C)(C)O2. The van der Waals surface area contributed by atoms with E-state index in [1.54, 1.807) is 39.5 Å². The van der Waals surface area contributed by atoms with E-state index in [9.17, 15) is 14.7 Å². The maximum Gasteiger partial charge on any atom is 0.410 e. The van der Waals surface area contributed by atoms with Crippen molar-refractivity contribution in [3.05, 3.63) is 23.3 Å². The van der Waals surface area contributed by atoms with Gasteiger partial charge in [-0.05, 0) is 45.2 Å². The summed E-state index contributed by atoms with van der Waals surface area (Å²) >= 11 is 0. The number of cyclic esters (lactones) is 1. The number of hydrogen-bond donors (Lipinski definition) is 1. The van der Waals surface area contributed by atoms with E-state index in [2.05, 4.69) is 0 Å². The Morgan fingerprint density at radius 1 is 1.31 bits per heavy atom. The summed E-state index contributed by atoms with van der Waals surface area (Å²) in [5, 5.41) is 10.1. The van der Waals surface area contributed by atoms with Gasteiger partial charge in [-0.3, -0.25) is 0 Å². The molecule has 142 valence electrons. The monoisotopic (exact) mass is 363 g/mol. The molecule has 7 nitrogen and oxygen atoms in total. The van der Waals surface area contributed by atoms with E-state index in [0.29, 0.717) is 18.5 Å². The third-order valence-electron chi connectivity index (χ3n) is 4.26. The van der Waals surface area contributed by atoms with Crippen molar-refractivity contribution in [2.45, 2.75) is 64.9 Å². The van der Waals surface area contributed by atoms with Crippen molar-refractivity contribution in [3.63, 3.8) is 0 Å². The van der Waals surface area contributed by atoms with Crippen LogP contribution in [0.1, 0.15) is 69.4 Å². The average molecular weight is 363 g/mol. The number of fused-ring (bicyclic) bond motifs is 1. The van der Waals surface area contributed by atoms with Gasteiger partial charge in [-0.2, -0.15) is 0 Å². The van der Waals surface area contributed by atoms with Crippen LogP contribution in [-0.2, 0) is 9.47 Å². The van der Waals surface area contributed by atoms with Crippen molar-refractivity contribution >= 4 is 12.1 Å². The summed E-state index contributed by atoms with van der Waals surface area (Å²) < 4.78 is 16.5. The fourth-order valence-electron chi connectivity index (χ4n) is 3.37. The zero-order chi connectivity index (χ0) is 19.3. The molecule has 7 heteroatoms. The van der Waals surface area contributed by atoms with Crippen LogP contribution in [0.25, 0.3) is 0 Å². The highest BCUT2D eigenvalue weighted by Crippen LogP contribution is 2.43. The number of amides is 1. The Kier molecular flexibility index (Phi) is 4.29. The Morgan fingerprint density at radius 2 is 2.00 bits per heavy atom. The molecule has 1 amide bonds. The van der Waals surface area contributed by atoms with Crippen LogP contribution in [0.2, 0.25) is 0 Å². The maximum absolute atomic E-state index is 12.6. The zero-order valence-electron chi connectivity index (χ0n) is 15.8. The minimum Gasteiger partial charge on any atom is -0.508 e. The van der Waals surface area contributed by atoms with Crippen molar-refractivity contribution in [1.29, 1.82) is 0 Å². The molecule has 0 aromatic heterocycles. The minimum atomic E-state index is -1.12. The van der Waals surface area contributed by atoms with Gasteiger partial charge < -0.3 is 24.2 Å². The molecule has 1 atom stereocenters. The lowest BCUT2D eigenvalue weighted by atomic mass is 9.96. The van der Waals surface area contributed by atoms with Crippen LogP contribution in [0.5, 0.6) is 11.5 Å². The quantitative estimate of drug-likeness (QED) is 0.765. The number of ether oxygens (including phenoxy) is 3. The average Bonchev–Trinajstić information content (AvgIpc) is 2.91. The largest absolute Gasteiger partial charge is 0.508 e. The van der Waals surface area contributed by atoms with Crippen molar-refractivity contribution in [2.75, 3.05) is 6.54 Å². The number of nitrogens with zero attached hydrogens (tertiary/aromatic N) is 1. The molecule has 0 aliphatic carbocycles. The molecule has 3 rings (SSSR count). The maximum atomic E-state index is 12.6. The van der Waals surface area contributed by atoms with Gasteiger partial charge in [0.15, 0.2) is 0 Å². The third kappa shape index (κ3) is 3.57. The molecule has 1 saturated heterocycles. The number of phenols is 1. The fraction of sp³-hybridized carbons (Fsp3) is 0.579. The van der Waals surface area contributed by atoms with Crippen LogP contribution in [0.4, 0.5) is 4.79 Å². The zero-order valence-corrected chi connectivity index (χ0v) is 15.8. The molecule has 26 heavy (non-hydrogen) atoms. The van der Waals surface area contributed by atoms with E-state index in [-0.39, 0.29) is 23.1 Å². The number of hydrogen-bond acceptors (Lipinski definition) is 6. The van der Waals surface area contributed by atoms with Crippen LogP contribution >= 0.6 is 0 Å². The number of phenolic OH excluding ortho intramolecular Hbond substituents is 1. The summed E-state index contributed by atoms with van der Waals surface area (Å²) in [7, 11) is 0. The predicted octanol–water partition coefficient (Wildman–Crippen LogP) is 3.75. The number of benzene rings is 1. The summed E-state index contributed by atoms with van der Waals surface area (Å²) in [6, 6.07) is 2.51. The van der Waals surface area contributed by atoms with Crippen LogP contribution in [-0.4, -0.2) is 40.0 Å². The summed E-state index contributed by atoms with van der Waals surface area (Å²) in [6.45, 7) is 9.18. The topological polar surface area (TPSA) is 85.3 Å². The highest BCUT2D eigenvalue weighted by Gasteiger charge is 2.41. The Bertz CT molecular complexity index is 749. The van der Waals surface area contributed by atoms with Gasteiger partial charge in [0.05, 0.1) is 6.04 Å². The standard InChI is InChI=1S/C19H25NO6/c1-18(2,3)26-17(23)20-8-6-7-13(20)12-9-11(21)10-14-15(12)16(22)25-19(4,5)24-14/h9-10,13,21H,6-8H2,1-5H3/t13-/m0/s1. The van der Waals surface area contributed by atoms with Crippen LogP contribution in [0.15, 0.2) is 12.1 Å². The van der Waals surface area contributed by atoms with Gasteiger partial charge in [0.1, 0.15) is 22.7 Å². The van der Waals surface area contributed by atoms with Gasteiger partial charge in [0.25, 0.3) is 0 Å². The van der Waals surface area contributed by atoms with Crippen LogP contribution in [0, 0.1) is 0 Å². The molecule has 2 aliphatic rings. The van der Waals surface area contributed by atoms with E-state index in [0.717, 1.165) is 6.42 Å². The number of likely N-dealkylation sites (tertiary alicyclic amines) is 1. The molecule has 1 fully saturated rings. The van der Waals surface area contributed by atoms with Crippen molar-refractivity contribution < 1.29 is 28.9 Å². The predicted molar refractivity (Wildman–Crippen MR) is 93.1 cm³/mol. The van der Waals surface area contributed by atoms with Gasteiger partial charge >= 0.3 is 12.1 Å². The lowest BCUT2D eigenvalue weighted by Crippen LogP contribution is -2.40. The second kappa shape index (κ2) is 6.07. The van der Waals surface area contributed by atoms with Crippen molar-refractivity contribution in [2.24, 2.45) is 0 Å². The first kappa shape index (κ1) is 18.4. The molecule has 0 saturated carbocycles. The van der Waals surface area contributed by atoms with Crippen LogP contribution < -0.4 is 4.74 Å². The highest BCUT2D eigenvalue weighted by molar-refractivity contribution is 5.96. The number of aromatic hydroxyl groups is 1. The van der Waals surface area contributed by atoms with Crippen molar-refractivity contribution in [1.82, 2.24) is 4.90 Å². The highest BCUT2D eigenvalue weighted by atomic mass is 16.7. The molecule has 1 aromatic rings. The lowest BCUT2D eigenvalue weighted by molar-refractivity contribution is -0.127. The van der Waals surface area contributed by atoms with E-state index in [1.165, 1.54) is 12.1 Å². The molecule has 1 N–H and O–H groups in total. The molecule has 1 aromatic carbocycles. The molecule has 2 aliphatic heterocycles. The normalized spacial score (nSPS) is 21.7. The van der Waals surface area contributed by atoms with E-state index < -0.39 is 23.5 Å². The van der Waals surface area contributed by atoms with Gasteiger partial charge in [-0.25, -0.2) is 9.59 Å². The Labute approximate surface area is 152 Å². The second-order valence-electron chi connectivity index (χ2n) is 8.13. The Hall–Kier alpha value is -2.44. The van der Waals surface area contributed by atoms with Crippen LogP contribution in [0.3, 0.4) is 0 Å². The lowest BCUT2D eigenvalue weighted by Gasteiger charge is -2.35. The molecular weight excluding hydrogens is 338 g/mol.